The second-order valence-corrected chi connectivity index (χ2v) is 24.4. The van der Waals surface area contributed by atoms with E-state index in [1.165, 1.54) is 19.0 Å². The lowest BCUT2D eigenvalue weighted by Gasteiger charge is -2.31. The Morgan fingerprint density at radius 3 is 1.20 bits per heavy atom. The lowest BCUT2D eigenvalue weighted by Crippen LogP contribution is -2.37. The van der Waals surface area contributed by atoms with Gasteiger partial charge in [0, 0.05) is 113 Å². The van der Waals surface area contributed by atoms with E-state index in [1.807, 2.05) is 81.4 Å². The number of likely N-dealkylation sites (tertiary alicyclic amines) is 3. The molecule has 3 aromatic carbocycles. The summed E-state index contributed by atoms with van der Waals surface area (Å²) in [4.78, 5) is 120. The maximum atomic E-state index is 12.7. The number of benzene rings is 3. The lowest BCUT2D eigenvalue weighted by molar-refractivity contribution is -0.131. The molecule has 12 N–H and O–H groups in total. The molecule has 3 fully saturated rings. The second kappa shape index (κ2) is 31.6. The first-order chi connectivity index (χ1) is 46.2. The third-order valence-corrected chi connectivity index (χ3v) is 17.5. The number of aromatic nitrogens is 10. The largest absolute Gasteiger partial charge is 0.384 e. The zero-order chi connectivity index (χ0) is 67.8. The Bertz CT molecular complexity index is 4340. The van der Waals surface area contributed by atoms with E-state index >= 15 is 0 Å². The number of carbonyl (C=O) groups excluding carboxylic acids is 6. The van der Waals surface area contributed by atoms with Crippen LogP contribution in [-0.4, -0.2) is 145 Å². The molecule has 12 rings (SSSR count). The number of carbonyl (C=O) groups is 6. The molecule has 0 atom stereocenters. The zero-order valence-electron chi connectivity index (χ0n) is 54.0. The van der Waals surface area contributed by atoms with Crippen molar-refractivity contribution in [3.63, 3.8) is 0 Å². The Morgan fingerprint density at radius 1 is 0.438 bits per heavy atom. The summed E-state index contributed by atoms with van der Waals surface area (Å²) in [7, 11) is 0. The number of hydrogen-bond donors (Lipinski definition) is 8. The van der Waals surface area contributed by atoms with Gasteiger partial charge in [0.25, 0.3) is 17.7 Å². The van der Waals surface area contributed by atoms with Gasteiger partial charge in [0.15, 0.2) is 0 Å². The van der Waals surface area contributed by atoms with Gasteiger partial charge in [0.05, 0.1) is 16.6 Å². The fraction of sp³-hybridized carbons (Fsp3) is 0.348. The number of amidine groups is 1. The average Bonchev–Trinajstić information content (AvgIpc) is 1.72. The molecule has 0 aliphatic carbocycles. The van der Waals surface area contributed by atoms with Crippen molar-refractivity contribution < 1.29 is 28.8 Å². The molecular weight excluding hydrogens is 1220 g/mol. The van der Waals surface area contributed by atoms with Crippen molar-refractivity contribution in [2.24, 2.45) is 23.5 Å². The van der Waals surface area contributed by atoms with Crippen LogP contribution >= 0.6 is 0 Å². The van der Waals surface area contributed by atoms with Gasteiger partial charge < -0.3 is 53.6 Å². The highest BCUT2D eigenvalue weighted by molar-refractivity contribution is 5.96. The number of nitrogen functional groups attached to an aromatic ring is 4. The van der Waals surface area contributed by atoms with Crippen molar-refractivity contribution >= 4 is 91.6 Å². The minimum absolute atomic E-state index is 0.0837. The predicted octanol–water partition coefficient (Wildman–Crippen LogP) is 5.69. The number of hydrogen-bond acceptors (Lipinski definition) is 20. The highest BCUT2D eigenvalue weighted by Crippen LogP contribution is 2.26. The first-order valence-electron chi connectivity index (χ1n) is 32.0. The van der Waals surface area contributed by atoms with E-state index in [4.69, 9.17) is 28.3 Å². The first-order valence-corrected chi connectivity index (χ1v) is 32.0. The molecule has 27 heteroatoms. The highest BCUT2D eigenvalue weighted by atomic mass is 16.2. The number of amides is 6. The predicted molar refractivity (Wildman–Crippen MR) is 363 cm³/mol. The summed E-state index contributed by atoms with van der Waals surface area (Å²) >= 11 is 0. The van der Waals surface area contributed by atoms with E-state index < -0.39 is 0 Å². The maximum absolute atomic E-state index is 12.7. The van der Waals surface area contributed by atoms with Gasteiger partial charge in [-0.1, -0.05) is 36.4 Å². The summed E-state index contributed by atoms with van der Waals surface area (Å²) in [5, 5.41) is 18.9. The molecule has 0 radical (unpaired) electrons. The molecule has 0 unspecified atom stereocenters. The van der Waals surface area contributed by atoms with Crippen LogP contribution in [0.1, 0.15) is 130 Å². The van der Waals surface area contributed by atoms with Gasteiger partial charge in [-0.15, -0.1) is 0 Å². The molecule has 6 aromatic heterocycles. The normalized spacial score (nSPS) is 14.4. The maximum Gasteiger partial charge on any atom is 0.270 e. The van der Waals surface area contributed by atoms with Crippen molar-refractivity contribution in [2.75, 3.05) is 56.5 Å². The van der Waals surface area contributed by atoms with Crippen molar-refractivity contribution in [3.8, 4) is 0 Å². The summed E-state index contributed by atoms with van der Waals surface area (Å²) in [6.07, 6.45) is 12.3. The van der Waals surface area contributed by atoms with Crippen LogP contribution in [0.25, 0.3) is 32.7 Å². The molecule has 9 heterocycles. The van der Waals surface area contributed by atoms with Crippen molar-refractivity contribution in [3.05, 3.63) is 173 Å². The van der Waals surface area contributed by atoms with Gasteiger partial charge in [-0.3, -0.25) is 34.2 Å². The Hall–Kier alpha value is -11.3. The molecule has 0 saturated carbocycles. The molecule has 3 aliphatic rings. The molecule has 9 aromatic rings. The van der Waals surface area contributed by atoms with Crippen molar-refractivity contribution in [2.45, 2.75) is 98.2 Å². The quantitative estimate of drug-likeness (QED) is 0.0425. The van der Waals surface area contributed by atoms with E-state index in [0.717, 1.165) is 153 Å². The number of piperidine rings is 3. The number of nitrogens with two attached hydrogens (primary N) is 4. The fourth-order valence-corrected chi connectivity index (χ4v) is 12.0. The first kappa shape index (κ1) is 67.6. The monoisotopic (exact) mass is 1300 g/mol. The van der Waals surface area contributed by atoms with Crippen molar-refractivity contribution in [1.29, 1.82) is 5.41 Å². The molecule has 0 spiro atoms. The van der Waals surface area contributed by atoms with Crippen LogP contribution in [0.2, 0.25) is 0 Å². The third-order valence-electron chi connectivity index (χ3n) is 17.5. The third kappa shape index (κ3) is 18.5. The minimum atomic E-state index is -0.276. The SMILES string of the molecule is CC(=O)N1CCC(Cc2cc(C(=O)NCc3ccc4c(N)nc(N)nc4c3)ncn2)CC1.CC(=O)N1CCC(Cc2cc(C(=O)NCc3ccc4ccc(C(=N)N)nc4c3)ncn2)CC1.CC(=O)N1CCC(Cc2cc(C(=O)NCc3ccc4ccc(N)nc4c3)ncn2)CC1. The van der Waals surface area contributed by atoms with Crippen molar-refractivity contribution in [1.82, 2.24) is 80.5 Å². The second-order valence-electron chi connectivity index (χ2n) is 24.4. The van der Waals surface area contributed by atoms with Gasteiger partial charge in [0.1, 0.15) is 59.2 Å². The average molecular weight is 1300 g/mol. The smallest absolute Gasteiger partial charge is 0.270 e. The van der Waals surface area contributed by atoms with E-state index in [0.29, 0.717) is 82.7 Å². The van der Waals surface area contributed by atoms with Crippen LogP contribution in [0.5, 0.6) is 0 Å². The fourth-order valence-electron chi connectivity index (χ4n) is 12.0. The Kier molecular flexibility index (Phi) is 22.3. The molecule has 3 saturated heterocycles. The van der Waals surface area contributed by atoms with E-state index in [2.05, 4.69) is 65.8 Å². The minimum Gasteiger partial charge on any atom is -0.384 e. The van der Waals surface area contributed by atoms with Crippen LogP contribution < -0.4 is 38.9 Å². The summed E-state index contributed by atoms with van der Waals surface area (Å²) in [6.45, 7) is 10.5. The summed E-state index contributed by atoms with van der Waals surface area (Å²) in [6, 6.07) is 29.6. The Morgan fingerprint density at radius 2 is 0.802 bits per heavy atom. The zero-order valence-corrected chi connectivity index (χ0v) is 54.0. The molecule has 27 nitrogen and oxygen atoms in total. The number of rotatable bonds is 16. The number of nitrogens with zero attached hydrogens (tertiary/aromatic N) is 13. The van der Waals surface area contributed by atoms with Gasteiger partial charge in [-0.25, -0.2) is 44.9 Å². The van der Waals surface area contributed by atoms with E-state index in [9.17, 15) is 28.8 Å². The van der Waals surface area contributed by atoms with Crippen LogP contribution in [0, 0.1) is 23.2 Å². The van der Waals surface area contributed by atoms with Gasteiger partial charge in [-0.2, -0.15) is 4.98 Å². The molecule has 96 heavy (non-hydrogen) atoms. The molecular formula is C69H79N21O6. The highest BCUT2D eigenvalue weighted by Gasteiger charge is 2.25. The number of pyridine rings is 2. The van der Waals surface area contributed by atoms with Crippen LogP contribution in [0.3, 0.4) is 0 Å². The standard InChI is InChI=1S/C24H27N7O2.C23H26N6O2.C22H26N8O2/c1-15(32)31-8-6-16(7-9-31)10-19-12-22(29-14-28-19)24(33)27-13-17-2-3-18-4-5-20(23(25)26)30-21(18)11-17;1-15(30)29-8-6-16(7-9-29)10-19-12-21(27-14-26-19)23(31)25-13-17-2-3-18-4-5-22(24)28-20(18)11-17;1-13(31)30-6-4-14(5-7-30)8-16-10-19(27-12-26-16)21(32)25-11-15-2-3-17-18(9-15)28-22(24)29-20(17)23/h2-5,11-12,14,16H,6-10,13H2,1H3,(H3,25,26)(H,27,33);2-5,11-12,14,16H,6-10,13H2,1H3,(H2,24,28)(H,25,31);2-3,9-10,12,14H,4-8,11H2,1H3,(H,25,32)(H4,23,24,28,29). The van der Waals surface area contributed by atoms with Crippen LogP contribution in [0.15, 0.2) is 116 Å². The van der Waals surface area contributed by atoms with Gasteiger partial charge in [-0.05, 0) is 153 Å². The number of nitrogens with one attached hydrogen (secondary N) is 4. The van der Waals surface area contributed by atoms with E-state index in [-0.39, 0.29) is 47.2 Å². The Balaban J connectivity index is 0.000000157. The summed E-state index contributed by atoms with van der Waals surface area (Å²) in [5.41, 5.74) is 31.6. The van der Waals surface area contributed by atoms with Gasteiger partial charge in [0.2, 0.25) is 23.7 Å². The van der Waals surface area contributed by atoms with Crippen LogP contribution in [-0.2, 0) is 53.3 Å². The van der Waals surface area contributed by atoms with E-state index in [1.54, 1.807) is 51.1 Å². The van der Waals surface area contributed by atoms with Gasteiger partial charge >= 0.3 is 0 Å². The lowest BCUT2D eigenvalue weighted by atomic mass is 9.92. The molecule has 6 amide bonds. The number of anilines is 3. The molecule has 3 aliphatic heterocycles. The van der Waals surface area contributed by atoms with Crippen LogP contribution in [0.4, 0.5) is 17.6 Å². The molecule has 496 valence electrons. The summed E-state index contributed by atoms with van der Waals surface area (Å²) < 4.78 is 0. The summed E-state index contributed by atoms with van der Waals surface area (Å²) in [5.74, 6) is 1.74. The molecule has 0 bridgehead atoms. The Labute approximate surface area is 554 Å². The number of fused-ring (bicyclic) bond motifs is 3. The topological polar surface area (TPSA) is 405 Å².